The summed E-state index contributed by atoms with van der Waals surface area (Å²) in [5, 5.41) is 2.43. The van der Waals surface area contributed by atoms with Crippen LogP contribution >= 0.6 is 46.4 Å². The minimum atomic E-state index is 0. The Bertz CT molecular complexity index is 2440. The smallest absolute Gasteiger partial charge is 0.0737 e. The third-order valence-corrected chi connectivity index (χ3v) is 10.6. The molecule has 0 spiro atoms. The van der Waals surface area contributed by atoms with Gasteiger partial charge in [-0.2, -0.15) is 0 Å². The zero-order valence-corrected chi connectivity index (χ0v) is 31.7. The van der Waals surface area contributed by atoms with Crippen LogP contribution in [0.4, 0.5) is 0 Å². The molecule has 4 nitrogen and oxygen atoms in total. The van der Waals surface area contributed by atoms with Gasteiger partial charge in [0.1, 0.15) is 0 Å². The molecule has 258 valence electrons. The van der Waals surface area contributed by atoms with Crippen LogP contribution in [0.2, 0.25) is 20.1 Å². The van der Waals surface area contributed by atoms with Gasteiger partial charge in [-0.05, 0) is 72.8 Å². The second kappa shape index (κ2) is 14.5. The van der Waals surface area contributed by atoms with Crippen molar-refractivity contribution >= 4 is 92.8 Å². The zero-order valence-electron chi connectivity index (χ0n) is 27.6. The number of benzene rings is 4. The summed E-state index contributed by atoms with van der Waals surface area (Å²) in [6, 6.07) is 39.4. The zero-order chi connectivity index (χ0) is 35.3. The standard InChI is InChI=1S/C44H26Cl4N4.Fe/c45-29-13-5-1-9-25(29)41-33-17-19-35(49-33)42(26-10-2-6-14-30(26)46)37-21-23-39(51-37)44(28-12-4-8-16-32(28)48)40-24-22-38(52-40)43(36-20-18-34(41)50-36)27-11-3-7-15-31(27)47;/h1-24,49,52H;. The van der Waals surface area contributed by atoms with Crippen LogP contribution < -0.4 is 0 Å². The molecule has 4 aromatic carbocycles. The molecule has 0 saturated heterocycles. The van der Waals surface area contributed by atoms with E-state index < -0.39 is 0 Å². The van der Waals surface area contributed by atoms with Crippen molar-refractivity contribution in [1.29, 1.82) is 0 Å². The van der Waals surface area contributed by atoms with Crippen molar-refractivity contribution in [1.82, 2.24) is 19.9 Å². The molecule has 2 N–H and O–H groups in total. The second-order valence-electron chi connectivity index (χ2n) is 12.4. The molecule has 7 aromatic rings. The fourth-order valence-electron chi connectivity index (χ4n) is 6.99. The summed E-state index contributed by atoms with van der Waals surface area (Å²) in [7, 11) is 0. The van der Waals surface area contributed by atoms with Crippen molar-refractivity contribution in [2.24, 2.45) is 0 Å². The number of fused-ring (bicyclic) bond motifs is 8. The fraction of sp³-hybridized carbons (Fsp3) is 0. The van der Waals surface area contributed by atoms with E-state index >= 15 is 0 Å². The van der Waals surface area contributed by atoms with Crippen molar-refractivity contribution in [2.45, 2.75) is 0 Å². The van der Waals surface area contributed by atoms with Gasteiger partial charge >= 0.3 is 0 Å². The number of halogens is 4. The molecule has 0 fully saturated rings. The molecule has 0 unspecified atom stereocenters. The molecule has 2 aliphatic heterocycles. The van der Waals surface area contributed by atoms with Crippen LogP contribution in [0.3, 0.4) is 0 Å². The van der Waals surface area contributed by atoms with E-state index in [0.717, 1.165) is 89.4 Å². The molecular formula is C44H26Cl4FeN4. The van der Waals surface area contributed by atoms with Crippen LogP contribution in [0.1, 0.15) is 22.8 Å². The molecule has 0 radical (unpaired) electrons. The van der Waals surface area contributed by atoms with Crippen molar-refractivity contribution in [2.75, 3.05) is 0 Å². The average molecular weight is 808 g/mol. The van der Waals surface area contributed by atoms with Gasteiger partial charge in [0.2, 0.25) is 0 Å². The van der Waals surface area contributed by atoms with E-state index in [1.165, 1.54) is 0 Å². The van der Waals surface area contributed by atoms with Gasteiger partial charge in [-0.15, -0.1) is 0 Å². The molecular weight excluding hydrogens is 782 g/mol. The maximum atomic E-state index is 6.92. The summed E-state index contributed by atoms with van der Waals surface area (Å²) in [5.41, 5.74) is 13.1. The minimum Gasteiger partial charge on any atom is -0.354 e. The van der Waals surface area contributed by atoms with E-state index in [2.05, 4.69) is 34.2 Å². The number of nitrogens with one attached hydrogen (secondary N) is 2. The topological polar surface area (TPSA) is 57.4 Å². The number of rotatable bonds is 4. The number of aromatic nitrogens is 4. The SMILES string of the molecule is Clc1ccccc1-c1c2nc(c(-c3ccccc3Cl)c3ccc([nH]3)c(-c3ccccc3Cl)c3nc(c(-c4ccccc4Cl)c4ccc1[nH]4)C=C3)C=C2.[Fe]. The van der Waals surface area contributed by atoms with Gasteiger partial charge in [0.05, 0.1) is 22.8 Å². The van der Waals surface area contributed by atoms with Crippen molar-refractivity contribution in [3.8, 4) is 44.5 Å². The Morgan fingerprint density at radius 3 is 0.774 bits per heavy atom. The van der Waals surface area contributed by atoms with Gasteiger partial charge in [-0.3, -0.25) is 0 Å². The number of hydrogen-bond acceptors (Lipinski definition) is 2. The van der Waals surface area contributed by atoms with Crippen molar-refractivity contribution in [3.63, 3.8) is 0 Å². The van der Waals surface area contributed by atoms with Gasteiger partial charge < -0.3 is 9.97 Å². The average Bonchev–Trinajstić information content (AvgIpc) is 3.99. The predicted molar refractivity (Wildman–Crippen MR) is 221 cm³/mol. The Kier molecular flexibility index (Phi) is 9.65. The number of hydrogen-bond donors (Lipinski definition) is 2. The summed E-state index contributed by atoms with van der Waals surface area (Å²) in [6.45, 7) is 0. The summed E-state index contributed by atoms with van der Waals surface area (Å²) < 4.78 is 0. The van der Waals surface area contributed by atoms with Gasteiger partial charge in [-0.25, -0.2) is 9.97 Å². The quantitative estimate of drug-likeness (QED) is 0.174. The van der Waals surface area contributed by atoms with E-state index in [9.17, 15) is 0 Å². The molecule has 0 aliphatic carbocycles. The molecule has 0 saturated carbocycles. The summed E-state index contributed by atoms with van der Waals surface area (Å²) >= 11 is 27.7. The third-order valence-electron chi connectivity index (χ3n) is 9.33. The van der Waals surface area contributed by atoms with Gasteiger partial charge in [-0.1, -0.05) is 119 Å². The first-order chi connectivity index (χ1) is 25.4. The Morgan fingerprint density at radius 1 is 0.321 bits per heavy atom. The summed E-state index contributed by atoms with van der Waals surface area (Å²) in [5.74, 6) is 0. The Balaban J connectivity index is 0.00000400. The van der Waals surface area contributed by atoms with Crippen LogP contribution in [0.5, 0.6) is 0 Å². The first kappa shape index (κ1) is 35.2. The van der Waals surface area contributed by atoms with Crippen LogP contribution in [0.15, 0.2) is 121 Å². The fourth-order valence-corrected chi connectivity index (χ4v) is 7.92. The first-order valence-corrected chi connectivity index (χ1v) is 18.1. The molecule has 2 aliphatic rings. The molecule has 8 bridgehead atoms. The molecule has 9 rings (SSSR count). The number of nitrogens with zero attached hydrogens (tertiary/aromatic N) is 2. The van der Waals surface area contributed by atoms with Crippen LogP contribution in [-0.2, 0) is 17.1 Å². The molecule has 53 heavy (non-hydrogen) atoms. The van der Waals surface area contributed by atoms with Crippen molar-refractivity contribution in [3.05, 3.63) is 164 Å². The third kappa shape index (κ3) is 6.34. The van der Waals surface area contributed by atoms with Crippen LogP contribution in [0.25, 0.3) is 90.9 Å². The van der Waals surface area contributed by atoms with Crippen LogP contribution in [0, 0.1) is 0 Å². The maximum Gasteiger partial charge on any atom is 0.0737 e. The number of aromatic amines is 2. The molecule has 3 aromatic heterocycles. The Hall–Kier alpha value is -4.84. The van der Waals surface area contributed by atoms with Crippen molar-refractivity contribution < 1.29 is 17.1 Å². The van der Waals surface area contributed by atoms with E-state index in [1.807, 2.05) is 121 Å². The summed E-state index contributed by atoms with van der Waals surface area (Å²) in [6.07, 6.45) is 8.10. The maximum absolute atomic E-state index is 6.92. The second-order valence-corrected chi connectivity index (χ2v) is 14.1. The largest absolute Gasteiger partial charge is 0.354 e. The number of H-pyrrole nitrogens is 2. The van der Waals surface area contributed by atoms with E-state index in [1.54, 1.807) is 0 Å². The molecule has 5 heterocycles. The van der Waals surface area contributed by atoms with Crippen LogP contribution in [-0.4, -0.2) is 19.9 Å². The van der Waals surface area contributed by atoms with Gasteiger partial charge in [0.15, 0.2) is 0 Å². The van der Waals surface area contributed by atoms with E-state index in [4.69, 9.17) is 56.4 Å². The minimum absolute atomic E-state index is 0. The monoisotopic (exact) mass is 806 g/mol. The molecule has 0 amide bonds. The first-order valence-electron chi connectivity index (χ1n) is 16.6. The Morgan fingerprint density at radius 2 is 0.547 bits per heavy atom. The van der Waals surface area contributed by atoms with Gasteiger partial charge in [0.25, 0.3) is 0 Å². The Labute approximate surface area is 336 Å². The van der Waals surface area contributed by atoms with E-state index in [-0.39, 0.29) is 17.1 Å². The normalized spacial score (nSPS) is 11.8. The van der Waals surface area contributed by atoms with Gasteiger partial charge in [0, 0.05) is 104 Å². The molecule has 9 heteroatoms. The van der Waals surface area contributed by atoms with E-state index in [0.29, 0.717) is 20.1 Å². The predicted octanol–water partition coefficient (Wildman–Crippen LogP) is 13.9. The molecule has 0 atom stereocenters. The summed E-state index contributed by atoms with van der Waals surface area (Å²) in [4.78, 5) is 18.0.